The molecule has 36 heavy (non-hydrogen) atoms. The normalized spacial score (nSPS) is 14.4. The van der Waals surface area contributed by atoms with Crippen LogP contribution in [0.3, 0.4) is 0 Å². The van der Waals surface area contributed by atoms with Crippen LogP contribution >= 0.6 is 0 Å². The minimum Gasteiger partial charge on any atom is -0.378 e. The molecule has 4 rings (SSSR count). The number of carbonyl (C=O) groups is 2. The lowest BCUT2D eigenvalue weighted by atomic mass is 10.1. The average molecular weight is 494 g/mol. The summed E-state index contributed by atoms with van der Waals surface area (Å²) in [5.74, 6) is -2.99. The number of piperazine rings is 1. The predicted octanol–water partition coefficient (Wildman–Crippen LogP) is 4.31. The van der Waals surface area contributed by atoms with Crippen molar-refractivity contribution in [1.82, 2.24) is 4.90 Å². The van der Waals surface area contributed by atoms with E-state index in [-0.39, 0.29) is 11.5 Å². The molecule has 0 aromatic heterocycles. The maximum absolute atomic E-state index is 14.0. The zero-order valence-corrected chi connectivity index (χ0v) is 19.9. The standard InChI is InChI=1S/C28H29F2N3O3/c29-24-10-5-9-23(26(24)30)27(35)28(36)33-18-16-32(17-19-33)22-14-12-21(13-15-22)31-25(34)11-4-8-20-6-2-1-3-7-20/h1-3,5-7,9-10,12-15,27,35H,4,8,11,16-19H2,(H,31,34). The van der Waals surface area contributed by atoms with Gasteiger partial charge in [0.25, 0.3) is 5.91 Å². The van der Waals surface area contributed by atoms with E-state index in [2.05, 4.69) is 22.3 Å². The Morgan fingerprint density at radius 1 is 0.889 bits per heavy atom. The lowest BCUT2D eigenvalue weighted by Crippen LogP contribution is -2.50. The van der Waals surface area contributed by atoms with E-state index in [4.69, 9.17) is 0 Å². The first-order valence-corrected chi connectivity index (χ1v) is 12.0. The molecule has 2 N–H and O–H groups in total. The Hall–Kier alpha value is -3.78. The van der Waals surface area contributed by atoms with Gasteiger partial charge in [-0.2, -0.15) is 0 Å². The SMILES string of the molecule is O=C(CCCc1ccccc1)Nc1ccc(N2CCN(C(=O)C(O)c3cccc(F)c3F)CC2)cc1. The number of rotatable bonds is 8. The van der Waals surface area contributed by atoms with Crippen molar-refractivity contribution in [3.63, 3.8) is 0 Å². The molecule has 8 heteroatoms. The van der Waals surface area contributed by atoms with Gasteiger partial charge in [-0.25, -0.2) is 8.78 Å². The van der Waals surface area contributed by atoms with Gasteiger partial charge in [-0.05, 0) is 48.7 Å². The number of benzene rings is 3. The maximum atomic E-state index is 14.0. The van der Waals surface area contributed by atoms with Crippen molar-refractivity contribution < 1.29 is 23.5 Å². The van der Waals surface area contributed by atoms with Crippen LogP contribution in [-0.4, -0.2) is 48.0 Å². The minimum absolute atomic E-state index is 0.0286. The number of halogens is 2. The predicted molar refractivity (Wildman–Crippen MR) is 135 cm³/mol. The van der Waals surface area contributed by atoms with Crippen LogP contribution in [0.2, 0.25) is 0 Å². The molecule has 1 aliphatic heterocycles. The molecule has 1 atom stereocenters. The molecule has 0 spiro atoms. The minimum atomic E-state index is -1.75. The van der Waals surface area contributed by atoms with Crippen molar-refractivity contribution in [3.05, 3.63) is 95.6 Å². The van der Waals surface area contributed by atoms with Crippen molar-refractivity contribution in [2.75, 3.05) is 36.4 Å². The average Bonchev–Trinajstić information content (AvgIpc) is 2.90. The van der Waals surface area contributed by atoms with Crippen LogP contribution in [0.1, 0.15) is 30.1 Å². The molecule has 1 unspecified atom stereocenters. The second-order valence-electron chi connectivity index (χ2n) is 8.79. The first-order valence-electron chi connectivity index (χ1n) is 12.0. The van der Waals surface area contributed by atoms with Crippen LogP contribution < -0.4 is 10.2 Å². The Morgan fingerprint density at radius 3 is 2.28 bits per heavy atom. The van der Waals surface area contributed by atoms with E-state index in [0.29, 0.717) is 32.6 Å². The highest BCUT2D eigenvalue weighted by atomic mass is 19.2. The summed E-state index contributed by atoms with van der Waals surface area (Å²) in [6, 6.07) is 21.0. The Morgan fingerprint density at radius 2 is 1.58 bits per heavy atom. The van der Waals surface area contributed by atoms with Crippen LogP contribution in [-0.2, 0) is 16.0 Å². The van der Waals surface area contributed by atoms with Crippen LogP contribution in [0.5, 0.6) is 0 Å². The first-order chi connectivity index (χ1) is 17.4. The fourth-order valence-electron chi connectivity index (χ4n) is 4.30. The molecule has 1 fully saturated rings. The molecule has 6 nitrogen and oxygen atoms in total. The van der Waals surface area contributed by atoms with Gasteiger partial charge in [-0.1, -0.05) is 42.5 Å². The van der Waals surface area contributed by atoms with Crippen molar-refractivity contribution in [2.24, 2.45) is 0 Å². The van der Waals surface area contributed by atoms with Gasteiger partial charge in [0.2, 0.25) is 5.91 Å². The number of hydrogen-bond acceptors (Lipinski definition) is 4. The van der Waals surface area contributed by atoms with Gasteiger partial charge >= 0.3 is 0 Å². The number of aliphatic hydroxyl groups is 1. The second-order valence-corrected chi connectivity index (χ2v) is 8.79. The fraction of sp³-hybridized carbons (Fsp3) is 0.286. The first kappa shape index (κ1) is 25.3. The molecule has 2 amide bonds. The number of aryl methyl sites for hydroxylation is 1. The monoisotopic (exact) mass is 493 g/mol. The van der Waals surface area contributed by atoms with E-state index in [0.717, 1.165) is 30.3 Å². The summed E-state index contributed by atoms with van der Waals surface area (Å²) >= 11 is 0. The van der Waals surface area contributed by atoms with Crippen LogP contribution in [0, 0.1) is 11.6 Å². The molecule has 0 bridgehead atoms. The second kappa shape index (κ2) is 11.8. The van der Waals surface area contributed by atoms with Gasteiger partial charge in [0.15, 0.2) is 17.7 Å². The molecule has 0 saturated carbocycles. The van der Waals surface area contributed by atoms with E-state index in [1.165, 1.54) is 22.6 Å². The molecular formula is C28H29F2N3O3. The summed E-state index contributed by atoms with van der Waals surface area (Å²) in [6.07, 6.45) is 0.327. The Labute approximate surface area is 209 Å². The van der Waals surface area contributed by atoms with E-state index in [9.17, 15) is 23.5 Å². The number of amides is 2. The molecule has 1 heterocycles. The van der Waals surface area contributed by atoms with Gasteiger partial charge in [0.1, 0.15) is 0 Å². The van der Waals surface area contributed by atoms with Crippen LogP contribution in [0.15, 0.2) is 72.8 Å². The van der Waals surface area contributed by atoms with E-state index in [1.807, 2.05) is 42.5 Å². The highest BCUT2D eigenvalue weighted by molar-refractivity contribution is 5.90. The van der Waals surface area contributed by atoms with Gasteiger partial charge < -0.3 is 20.2 Å². The quantitative estimate of drug-likeness (QED) is 0.491. The third-order valence-corrected chi connectivity index (χ3v) is 6.33. The zero-order valence-electron chi connectivity index (χ0n) is 19.9. The molecule has 188 valence electrons. The lowest BCUT2D eigenvalue weighted by Gasteiger charge is -2.37. The Kier molecular flexibility index (Phi) is 8.28. The Balaban J connectivity index is 1.24. The maximum Gasteiger partial charge on any atom is 0.256 e. The zero-order chi connectivity index (χ0) is 25.5. The summed E-state index contributed by atoms with van der Waals surface area (Å²) in [5, 5.41) is 13.2. The molecule has 0 radical (unpaired) electrons. The number of hydrogen-bond donors (Lipinski definition) is 2. The van der Waals surface area contributed by atoms with Crippen LogP contribution in [0.4, 0.5) is 20.2 Å². The molecule has 0 aliphatic carbocycles. The molecule has 1 saturated heterocycles. The lowest BCUT2D eigenvalue weighted by molar-refractivity contribution is -0.141. The molecule has 3 aromatic rings. The number of nitrogens with zero attached hydrogens (tertiary/aromatic N) is 2. The summed E-state index contributed by atoms with van der Waals surface area (Å²) < 4.78 is 27.4. The van der Waals surface area contributed by atoms with Gasteiger partial charge in [0, 0.05) is 49.5 Å². The van der Waals surface area contributed by atoms with E-state index < -0.39 is 23.6 Å². The van der Waals surface area contributed by atoms with Gasteiger partial charge in [0.05, 0.1) is 0 Å². The van der Waals surface area contributed by atoms with Crippen molar-refractivity contribution in [2.45, 2.75) is 25.4 Å². The Bertz CT molecular complexity index is 1180. The number of nitrogens with one attached hydrogen (secondary N) is 1. The summed E-state index contributed by atoms with van der Waals surface area (Å²) in [6.45, 7) is 1.73. The molecule has 3 aromatic carbocycles. The van der Waals surface area contributed by atoms with Gasteiger partial charge in [-0.3, -0.25) is 9.59 Å². The van der Waals surface area contributed by atoms with Crippen molar-refractivity contribution >= 4 is 23.2 Å². The summed E-state index contributed by atoms with van der Waals surface area (Å²) in [5.41, 5.74) is 2.52. The number of aliphatic hydroxyl groups excluding tert-OH is 1. The number of anilines is 2. The smallest absolute Gasteiger partial charge is 0.256 e. The fourth-order valence-corrected chi connectivity index (χ4v) is 4.30. The third kappa shape index (κ3) is 6.26. The van der Waals surface area contributed by atoms with Crippen molar-refractivity contribution in [1.29, 1.82) is 0 Å². The van der Waals surface area contributed by atoms with Gasteiger partial charge in [-0.15, -0.1) is 0 Å². The summed E-state index contributed by atoms with van der Waals surface area (Å²) in [4.78, 5) is 28.4. The van der Waals surface area contributed by atoms with Crippen LogP contribution in [0.25, 0.3) is 0 Å². The summed E-state index contributed by atoms with van der Waals surface area (Å²) in [7, 11) is 0. The molecule has 1 aliphatic rings. The van der Waals surface area contributed by atoms with E-state index >= 15 is 0 Å². The topological polar surface area (TPSA) is 72.9 Å². The largest absolute Gasteiger partial charge is 0.378 e. The van der Waals surface area contributed by atoms with Crippen molar-refractivity contribution in [3.8, 4) is 0 Å². The third-order valence-electron chi connectivity index (χ3n) is 6.33. The highest BCUT2D eigenvalue weighted by Crippen LogP contribution is 2.24. The number of carbonyl (C=O) groups excluding carboxylic acids is 2. The molecular weight excluding hydrogens is 464 g/mol. The van der Waals surface area contributed by atoms with E-state index in [1.54, 1.807) is 0 Å². The highest BCUT2D eigenvalue weighted by Gasteiger charge is 2.29.